The summed E-state index contributed by atoms with van der Waals surface area (Å²) in [6.45, 7) is 1.61. The Kier molecular flexibility index (Phi) is 5.46. The minimum absolute atomic E-state index is 0.248. The van der Waals surface area contributed by atoms with E-state index in [2.05, 4.69) is 15.3 Å². The van der Waals surface area contributed by atoms with E-state index >= 15 is 0 Å². The number of H-pyrrole nitrogens is 1. The van der Waals surface area contributed by atoms with Crippen LogP contribution in [0, 0.1) is 11.3 Å². The second-order valence-electron chi connectivity index (χ2n) is 5.98. The number of carbonyl (C=O) groups is 2. The second kappa shape index (κ2) is 8.14. The molecule has 0 spiro atoms. The highest BCUT2D eigenvalue weighted by molar-refractivity contribution is 5.93. The number of carbonyl (C=O) groups excluding carboxylic acids is 2. The normalized spacial score (nSPS) is 11.4. The first-order chi connectivity index (χ1) is 13.5. The number of aromatic amines is 1. The van der Waals surface area contributed by atoms with Gasteiger partial charge < -0.3 is 15.0 Å². The Morgan fingerprint density at radius 3 is 2.64 bits per heavy atom. The number of amides is 1. The molecule has 8 nitrogen and oxygen atoms in total. The summed E-state index contributed by atoms with van der Waals surface area (Å²) in [6.07, 6.45) is -1.02. The first kappa shape index (κ1) is 18.8. The molecule has 0 aliphatic heterocycles. The lowest BCUT2D eigenvalue weighted by molar-refractivity contribution is -0.115. The van der Waals surface area contributed by atoms with Crippen LogP contribution in [0.4, 0.5) is 5.69 Å². The molecular formula is C20H16N4O4. The molecule has 1 amide bonds. The van der Waals surface area contributed by atoms with Crippen molar-refractivity contribution in [2.24, 2.45) is 0 Å². The van der Waals surface area contributed by atoms with Gasteiger partial charge in [-0.1, -0.05) is 12.1 Å². The highest BCUT2D eigenvalue weighted by Crippen LogP contribution is 2.17. The van der Waals surface area contributed by atoms with Gasteiger partial charge in [-0.2, -0.15) is 5.26 Å². The van der Waals surface area contributed by atoms with E-state index in [-0.39, 0.29) is 23.4 Å². The molecule has 28 heavy (non-hydrogen) atoms. The summed E-state index contributed by atoms with van der Waals surface area (Å²) in [5.74, 6) is -0.784. The van der Waals surface area contributed by atoms with Crippen molar-refractivity contribution in [3.63, 3.8) is 0 Å². The van der Waals surface area contributed by atoms with Crippen molar-refractivity contribution in [1.82, 2.24) is 9.97 Å². The van der Waals surface area contributed by atoms with Crippen LogP contribution in [-0.4, -0.2) is 21.8 Å². The molecule has 2 aromatic carbocycles. The van der Waals surface area contributed by atoms with Crippen LogP contribution >= 0.6 is 0 Å². The van der Waals surface area contributed by atoms with E-state index < -0.39 is 18.0 Å². The largest absolute Gasteiger partial charge is 0.451 e. The zero-order valence-corrected chi connectivity index (χ0v) is 14.9. The van der Waals surface area contributed by atoms with E-state index in [4.69, 9.17) is 10.00 Å². The molecule has 0 saturated carbocycles. The fraction of sp³-hybridized carbons (Fsp3) is 0.150. The van der Waals surface area contributed by atoms with Crippen molar-refractivity contribution in [3.05, 3.63) is 70.3 Å². The molecule has 0 bridgehead atoms. The number of anilines is 1. The number of nitrogens with one attached hydrogen (secondary N) is 2. The molecular weight excluding hydrogens is 360 g/mol. The molecule has 3 aromatic rings. The number of hydrogen-bond donors (Lipinski definition) is 2. The lowest BCUT2D eigenvalue weighted by Crippen LogP contribution is -2.17. The number of benzene rings is 2. The zero-order chi connectivity index (χ0) is 20.1. The highest BCUT2D eigenvalue weighted by Gasteiger charge is 2.17. The number of aromatic nitrogens is 2. The van der Waals surface area contributed by atoms with Gasteiger partial charge in [0.05, 0.1) is 22.5 Å². The summed E-state index contributed by atoms with van der Waals surface area (Å²) in [6, 6.07) is 14.7. The van der Waals surface area contributed by atoms with Crippen molar-refractivity contribution in [1.29, 1.82) is 5.26 Å². The number of ether oxygens (including phenoxy) is 1. The van der Waals surface area contributed by atoms with Gasteiger partial charge in [-0.3, -0.25) is 9.59 Å². The fourth-order valence-corrected chi connectivity index (χ4v) is 2.55. The second-order valence-corrected chi connectivity index (χ2v) is 5.98. The van der Waals surface area contributed by atoms with Gasteiger partial charge in [-0.05, 0) is 43.3 Å². The highest BCUT2D eigenvalue weighted by atomic mass is 16.5. The molecule has 0 saturated heterocycles. The molecule has 0 unspecified atom stereocenters. The third kappa shape index (κ3) is 4.22. The Labute approximate surface area is 159 Å². The van der Waals surface area contributed by atoms with Gasteiger partial charge in [0.25, 0.3) is 5.56 Å². The first-order valence-electron chi connectivity index (χ1n) is 8.44. The number of hydrogen-bond acceptors (Lipinski definition) is 6. The number of esters is 1. The van der Waals surface area contributed by atoms with Crippen LogP contribution in [0.1, 0.15) is 35.6 Å². The van der Waals surface area contributed by atoms with E-state index in [0.717, 1.165) is 0 Å². The third-order valence-corrected chi connectivity index (χ3v) is 3.94. The maximum Gasteiger partial charge on any atom is 0.338 e. The third-order valence-electron chi connectivity index (χ3n) is 3.94. The fourth-order valence-electron chi connectivity index (χ4n) is 2.55. The van der Waals surface area contributed by atoms with E-state index in [1.54, 1.807) is 37.3 Å². The van der Waals surface area contributed by atoms with Crippen LogP contribution in [0.15, 0.2) is 53.3 Å². The maximum absolute atomic E-state index is 12.3. The first-order valence-corrected chi connectivity index (χ1v) is 8.44. The van der Waals surface area contributed by atoms with Gasteiger partial charge in [0.2, 0.25) is 5.91 Å². The Balaban J connectivity index is 1.71. The molecule has 2 N–H and O–H groups in total. The van der Waals surface area contributed by atoms with E-state index in [0.29, 0.717) is 16.6 Å². The standard InChI is InChI=1S/C20H16N4O4/c1-12(18-23-16-5-3-2-4-15(16)19(26)24-18)28-20(27)13-6-8-14(9-7-13)22-17(25)10-11-21/h2-9,12H,10H2,1H3,(H,22,25)(H,23,24,26)/t12-/m0/s1. The lowest BCUT2D eigenvalue weighted by Gasteiger charge is -2.13. The number of fused-ring (bicyclic) bond motifs is 1. The summed E-state index contributed by atoms with van der Waals surface area (Å²) in [5, 5.41) is 11.5. The molecule has 1 atom stereocenters. The Morgan fingerprint density at radius 2 is 1.93 bits per heavy atom. The molecule has 8 heteroatoms. The average molecular weight is 376 g/mol. The van der Waals surface area contributed by atoms with Crippen molar-refractivity contribution in [3.8, 4) is 6.07 Å². The predicted molar refractivity (Wildman–Crippen MR) is 101 cm³/mol. The Morgan fingerprint density at radius 1 is 1.21 bits per heavy atom. The molecule has 1 aromatic heterocycles. The van der Waals surface area contributed by atoms with Gasteiger partial charge in [0.1, 0.15) is 6.42 Å². The number of rotatable bonds is 5. The summed E-state index contributed by atoms with van der Waals surface area (Å²) < 4.78 is 5.38. The summed E-state index contributed by atoms with van der Waals surface area (Å²) >= 11 is 0. The van der Waals surface area contributed by atoms with Crippen LogP contribution in [0.25, 0.3) is 10.9 Å². The number of para-hydroxylation sites is 1. The zero-order valence-electron chi connectivity index (χ0n) is 14.9. The maximum atomic E-state index is 12.3. The smallest absolute Gasteiger partial charge is 0.338 e. The molecule has 1 heterocycles. The SMILES string of the molecule is C[C@H](OC(=O)c1ccc(NC(=O)CC#N)cc1)c1nc2ccccc2c(=O)[nH]1. The topological polar surface area (TPSA) is 125 Å². The molecule has 0 aliphatic rings. The lowest BCUT2D eigenvalue weighted by atomic mass is 10.2. The van der Waals surface area contributed by atoms with Gasteiger partial charge >= 0.3 is 5.97 Å². The van der Waals surface area contributed by atoms with Gasteiger partial charge in [-0.25, -0.2) is 9.78 Å². The minimum atomic E-state index is -0.764. The van der Waals surface area contributed by atoms with Crippen LogP contribution in [0.2, 0.25) is 0 Å². The van der Waals surface area contributed by atoms with Gasteiger partial charge in [-0.15, -0.1) is 0 Å². The molecule has 0 aliphatic carbocycles. The molecule has 0 radical (unpaired) electrons. The van der Waals surface area contributed by atoms with E-state index in [9.17, 15) is 14.4 Å². The average Bonchev–Trinajstić information content (AvgIpc) is 2.68. The Bertz CT molecular complexity index is 1130. The van der Waals surface area contributed by atoms with Crippen molar-refractivity contribution in [2.75, 3.05) is 5.32 Å². The monoisotopic (exact) mass is 376 g/mol. The van der Waals surface area contributed by atoms with Crippen LogP contribution in [0.3, 0.4) is 0 Å². The minimum Gasteiger partial charge on any atom is -0.451 e. The van der Waals surface area contributed by atoms with Gasteiger partial charge in [0.15, 0.2) is 11.9 Å². The summed E-state index contributed by atoms with van der Waals surface area (Å²) in [5.41, 5.74) is 0.946. The van der Waals surface area contributed by atoms with Crippen molar-refractivity contribution in [2.45, 2.75) is 19.4 Å². The van der Waals surface area contributed by atoms with Crippen molar-refractivity contribution >= 4 is 28.5 Å². The predicted octanol–water partition coefficient (Wildman–Crippen LogP) is 2.69. The van der Waals surface area contributed by atoms with Crippen LogP contribution < -0.4 is 10.9 Å². The number of nitriles is 1. The quantitative estimate of drug-likeness (QED) is 0.660. The molecule has 140 valence electrons. The van der Waals surface area contributed by atoms with E-state index in [1.807, 2.05) is 0 Å². The van der Waals surface area contributed by atoms with Gasteiger partial charge in [0, 0.05) is 5.69 Å². The Hall–Kier alpha value is -3.99. The van der Waals surface area contributed by atoms with Crippen molar-refractivity contribution < 1.29 is 14.3 Å². The van der Waals surface area contributed by atoms with Crippen LogP contribution in [0.5, 0.6) is 0 Å². The summed E-state index contributed by atoms with van der Waals surface area (Å²) in [4.78, 5) is 42.8. The number of nitrogens with zero attached hydrogens (tertiary/aromatic N) is 2. The molecule has 0 fully saturated rings. The van der Waals surface area contributed by atoms with Crippen LogP contribution in [-0.2, 0) is 9.53 Å². The van der Waals surface area contributed by atoms with E-state index in [1.165, 1.54) is 24.3 Å². The summed E-state index contributed by atoms with van der Waals surface area (Å²) in [7, 11) is 0. The molecule has 3 rings (SSSR count).